The van der Waals surface area contributed by atoms with Crippen molar-refractivity contribution in [2.75, 3.05) is 18.5 Å². The third-order valence-electron chi connectivity index (χ3n) is 5.58. The number of halogens is 1. The van der Waals surface area contributed by atoms with Crippen molar-refractivity contribution >= 4 is 11.7 Å². The number of nitrogens with one attached hydrogen (secondary N) is 1. The van der Waals surface area contributed by atoms with Crippen LogP contribution >= 0.6 is 0 Å². The van der Waals surface area contributed by atoms with E-state index in [1.807, 2.05) is 19.1 Å². The molecule has 0 atom stereocenters. The maximum absolute atomic E-state index is 14.5. The van der Waals surface area contributed by atoms with Crippen molar-refractivity contribution in [3.63, 3.8) is 0 Å². The molecule has 0 radical (unpaired) electrons. The maximum atomic E-state index is 14.5. The molecule has 0 aliphatic rings. The van der Waals surface area contributed by atoms with Gasteiger partial charge in [0.1, 0.15) is 18.2 Å². The summed E-state index contributed by atoms with van der Waals surface area (Å²) in [4.78, 5) is 11.5. The van der Waals surface area contributed by atoms with Gasteiger partial charge in [0.25, 0.3) is 0 Å². The van der Waals surface area contributed by atoms with Crippen LogP contribution in [0.5, 0.6) is 0 Å². The number of anilines is 1. The lowest BCUT2D eigenvalue weighted by molar-refractivity contribution is -0.143. The molecule has 0 bridgehead atoms. The molecular formula is C31H40FNO3. The van der Waals surface area contributed by atoms with Crippen LogP contribution in [-0.2, 0) is 27.3 Å². The number of hydrogen-bond acceptors (Lipinski definition) is 4. The monoisotopic (exact) mass is 493 g/mol. The van der Waals surface area contributed by atoms with Crippen LogP contribution in [0.15, 0.2) is 78.1 Å². The molecular weight excluding hydrogens is 453 g/mol. The maximum Gasteiger partial charge on any atom is 0.306 e. The number of carbonyl (C=O) groups excluding carboxylic acids is 1. The Labute approximate surface area is 215 Å². The third-order valence-corrected chi connectivity index (χ3v) is 5.58. The molecule has 2 aromatic rings. The van der Waals surface area contributed by atoms with Crippen LogP contribution in [0.1, 0.15) is 57.2 Å². The molecule has 1 N–H and O–H groups in total. The summed E-state index contributed by atoms with van der Waals surface area (Å²) in [5.74, 6) is 0.642. The number of rotatable bonds is 14. The second-order valence-electron chi connectivity index (χ2n) is 9.32. The lowest BCUT2D eigenvalue weighted by Crippen LogP contribution is -2.07. The highest BCUT2D eigenvalue weighted by molar-refractivity contribution is 5.69. The molecule has 5 heteroatoms. The predicted molar refractivity (Wildman–Crippen MR) is 146 cm³/mol. The fourth-order valence-corrected chi connectivity index (χ4v) is 3.72. The topological polar surface area (TPSA) is 47.6 Å². The molecule has 0 saturated heterocycles. The lowest BCUT2D eigenvalue weighted by atomic mass is 9.99. The van der Waals surface area contributed by atoms with Crippen LogP contribution in [-0.4, -0.2) is 19.1 Å². The highest BCUT2D eigenvalue weighted by Gasteiger charge is 2.11. The summed E-state index contributed by atoms with van der Waals surface area (Å²) in [7, 11) is 0. The Morgan fingerprint density at radius 3 is 2.47 bits per heavy atom. The average Bonchev–Trinajstić information content (AvgIpc) is 2.83. The number of carbonyl (C=O) groups is 1. The van der Waals surface area contributed by atoms with Crippen molar-refractivity contribution in [1.29, 1.82) is 0 Å². The number of aryl methyl sites for hydroxylation is 2. The van der Waals surface area contributed by atoms with Gasteiger partial charge in [-0.25, -0.2) is 4.39 Å². The normalized spacial score (nSPS) is 12.0. The van der Waals surface area contributed by atoms with E-state index >= 15 is 0 Å². The standard InChI is InChI=1S/C31H40FNO3/c1-7-30(36-21-25-11-9-23(5)10-12-25)27(17-22(3)4)18-24(6)20-33-28-15-13-26(29(32)19-28)14-16-31(34)35-8-2/h7,9-13,15,18-19,22,33H,6,8,14,16-17,20-21H2,1-5H3/b27-18-,30-7+. The summed E-state index contributed by atoms with van der Waals surface area (Å²) in [6.45, 7) is 15.7. The molecule has 0 heterocycles. The molecule has 0 spiro atoms. The van der Waals surface area contributed by atoms with Crippen LogP contribution in [0, 0.1) is 18.7 Å². The Hall–Kier alpha value is -3.34. The SMILES string of the molecule is C=C(/C=C(CC(C)C)\C(=C/C)OCc1ccc(C)cc1)CNc1ccc(CCC(=O)OCC)c(F)c1. The Bertz CT molecular complexity index is 1070. The first-order chi connectivity index (χ1) is 17.2. The molecule has 0 aliphatic carbocycles. The van der Waals surface area contributed by atoms with Crippen LogP contribution in [0.4, 0.5) is 10.1 Å². The molecule has 4 nitrogen and oxygen atoms in total. The lowest BCUT2D eigenvalue weighted by Gasteiger charge is -2.17. The first kappa shape index (κ1) is 28.9. The number of allylic oxidation sites excluding steroid dienone is 2. The van der Waals surface area contributed by atoms with Crippen LogP contribution < -0.4 is 5.32 Å². The van der Waals surface area contributed by atoms with Crippen molar-refractivity contribution in [1.82, 2.24) is 0 Å². The minimum atomic E-state index is -0.341. The zero-order valence-corrected chi connectivity index (χ0v) is 22.3. The molecule has 0 unspecified atom stereocenters. The summed E-state index contributed by atoms with van der Waals surface area (Å²) in [6, 6.07) is 13.3. The Morgan fingerprint density at radius 2 is 1.86 bits per heavy atom. The van der Waals surface area contributed by atoms with Gasteiger partial charge in [-0.3, -0.25) is 4.79 Å². The van der Waals surface area contributed by atoms with Crippen molar-refractivity contribution in [3.05, 3.63) is 101 Å². The van der Waals surface area contributed by atoms with Crippen LogP contribution in [0.25, 0.3) is 0 Å². The third kappa shape index (κ3) is 10.1. The molecule has 36 heavy (non-hydrogen) atoms. The van der Waals surface area contributed by atoms with Gasteiger partial charge in [-0.2, -0.15) is 0 Å². The molecule has 2 aromatic carbocycles. The minimum Gasteiger partial charge on any atom is -0.489 e. The van der Waals surface area contributed by atoms with Gasteiger partial charge >= 0.3 is 5.97 Å². The Kier molecular flexibility index (Phi) is 12.0. The first-order valence-electron chi connectivity index (χ1n) is 12.6. The van der Waals surface area contributed by atoms with Gasteiger partial charge in [0.15, 0.2) is 0 Å². The van der Waals surface area contributed by atoms with E-state index in [0.717, 1.165) is 28.9 Å². The summed E-state index contributed by atoms with van der Waals surface area (Å²) in [5, 5.41) is 3.24. The second-order valence-corrected chi connectivity index (χ2v) is 9.32. The minimum absolute atomic E-state index is 0.164. The Balaban J connectivity index is 2.00. The van der Waals surface area contributed by atoms with E-state index in [4.69, 9.17) is 9.47 Å². The van der Waals surface area contributed by atoms with Gasteiger partial charge in [0, 0.05) is 18.7 Å². The average molecular weight is 494 g/mol. The van der Waals surface area contributed by atoms with E-state index in [9.17, 15) is 9.18 Å². The Morgan fingerprint density at radius 1 is 1.14 bits per heavy atom. The van der Waals surface area contributed by atoms with E-state index in [0.29, 0.717) is 43.3 Å². The van der Waals surface area contributed by atoms with Gasteiger partial charge < -0.3 is 14.8 Å². The number of hydrogen-bond donors (Lipinski definition) is 1. The largest absolute Gasteiger partial charge is 0.489 e. The van der Waals surface area contributed by atoms with Crippen molar-refractivity contribution < 1.29 is 18.7 Å². The molecule has 2 rings (SSSR count). The van der Waals surface area contributed by atoms with Gasteiger partial charge in [-0.15, -0.1) is 0 Å². The first-order valence-corrected chi connectivity index (χ1v) is 12.6. The van der Waals surface area contributed by atoms with Crippen LogP contribution in [0.3, 0.4) is 0 Å². The summed E-state index contributed by atoms with van der Waals surface area (Å²) in [6.07, 6.45) is 5.39. The predicted octanol–water partition coefficient (Wildman–Crippen LogP) is 7.69. The molecule has 0 aliphatic heterocycles. The van der Waals surface area contributed by atoms with E-state index < -0.39 is 0 Å². The number of benzene rings is 2. The van der Waals surface area contributed by atoms with Crippen molar-refractivity contribution in [2.24, 2.45) is 5.92 Å². The van der Waals surface area contributed by atoms with Gasteiger partial charge in [-0.05, 0) is 80.0 Å². The molecule has 194 valence electrons. The van der Waals surface area contributed by atoms with Crippen molar-refractivity contribution in [2.45, 2.75) is 60.5 Å². The van der Waals surface area contributed by atoms with E-state index in [1.165, 1.54) is 11.6 Å². The fourth-order valence-electron chi connectivity index (χ4n) is 3.72. The van der Waals surface area contributed by atoms with E-state index in [-0.39, 0.29) is 18.2 Å². The highest BCUT2D eigenvalue weighted by atomic mass is 19.1. The zero-order valence-electron chi connectivity index (χ0n) is 22.3. The van der Waals surface area contributed by atoms with Gasteiger partial charge in [0.2, 0.25) is 0 Å². The summed E-state index contributed by atoms with van der Waals surface area (Å²) in [5.41, 5.74) is 5.46. The summed E-state index contributed by atoms with van der Waals surface area (Å²) < 4.78 is 25.6. The molecule has 0 fully saturated rings. The van der Waals surface area contributed by atoms with Gasteiger partial charge in [0.05, 0.1) is 6.61 Å². The smallest absolute Gasteiger partial charge is 0.306 e. The summed E-state index contributed by atoms with van der Waals surface area (Å²) >= 11 is 0. The molecule has 0 saturated carbocycles. The number of esters is 1. The molecule has 0 amide bonds. The van der Waals surface area contributed by atoms with Crippen LogP contribution in [0.2, 0.25) is 0 Å². The van der Waals surface area contributed by atoms with E-state index in [2.05, 4.69) is 63.0 Å². The van der Waals surface area contributed by atoms with Gasteiger partial charge in [-0.1, -0.05) is 62.4 Å². The highest BCUT2D eigenvalue weighted by Crippen LogP contribution is 2.24. The second kappa shape index (κ2) is 14.9. The van der Waals surface area contributed by atoms with E-state index in [1.54, 1.807) is 13.0 Å². The van der Waals surface area contributed by atoms with Crippen molar-refractivity contribution in [3.8, 4) is 0 Å². The molecule has 0 aromatic heterocycles. The quantitative estimate of drug-likeness (QED) is 0.166. The number of ether oxygens (including phenoxy) is 2. The fraction of sp³-hybridized carbons (Fsp3) is 0.387. The zero-order chi connectivity index (χ0) is 26.5.